The molecule has 0 aromatic heterocycles. The fourth-order valence-corrected chi connectivity index (χ4v) is 0.969. The van der Waals surface area contributed by atoms with E-state index in [0.29, 0.717) is 12.2 Å². The molecule has 16 heavy (non-hydrogen) atoms. The van der Waals surface area contributed by atoms with Crippen molar-refractivity contribution in [2.45, 2.75) is 20.3 Å². The zero-order valence-corrected chi connectivity index (χ0v) is 9.73. The van der Waals surface area contributed by atoms with Gasteiger partial charge in [0, 0.05) is 6.21 Å². The molecular weight excluding hydrogens is 206 g/mol. The second kappa shape index (κ2) is 8.59. The van der Waals surface area contributed by atoms with E-state index in [4.69, 9.17) is 4.74 Å². The summed E-state index contributed by atoms with van der Waals surface area (Å²) in [7, 11) is 0. The Morgan fingerprint density at radius 2 is 2.12 bits per heavy atom. The van der Waals surface area contributed by atoms with Crippen LogP contribution in [0.5, 0.6) is 0 Å². The maximum atomic E-state index is 11.2. The molecule has 4 heteroatoms. The van der Waals surface area contributed by atoms with E-state index in [1.807, 2.05) is 0 Å². The number of aliphatic imine (C=N–C) groups is 1. The van der Waals surface area contributed by atoms with Gasteiger partial charge in [0.05, 0.1) is 19.6 Å². The van der Waals surface area contributed by atoms with Gasteiger partial charge in [0.15, 0.2) is 5.78 Å². The van der Waals surface area contributed by atoms with Crippen molar-refractivity contribution in [1.29, 1.82) is 0 Å². The number of ether oxygens (including phenoxy) is 1. The van der Waals surface area contributed by atoms with Gasteiger partial charge in [-0.15, -0.1) is 0 Å². The van der Waals surface area contributed by atoms with Gasteiger partial charge in [0.25, 0.3) is 0 Å². The Kier molecular flexibility index (Phi) is 7.67. The van der Waals surface area contributed by atoms with Crippen LogP contribution in [-0.2, 0) is 14.3 Å². The summed E-state index contributed by atoms with van der Waals surface area (Å²) >= 11 is 0. The number of carbonyl (C=O) groups is 2. The molecule has 0 spiro atoms. The van der Waals surface area contributed by atoms with E-state index >= 15 is 0 Å². The lowest BCUT2D eigenvalue weighted by Gasteiger charge is -2.01. The lowest BCUT2D eigenvalue weighted by molar-refractivity contribution is -0.142. The fourth-order valence-electron chi connectivity index (χ4n) is 0.969. The molecule has 0 radical (unpaired) electrons. The largest absolute Gasteiger partial charge is 0.466 e. The first kappa shape index (κ1) is 14.3. The number of esters is 1. The predicted octanol–water partition coefficient (Wildman–Crippen LogP) is 1.71. The van der Waals surface area contributed by atoms with E-state index < -0.39 is 0 Å². The maximum absolute atomic E-state index is 11.2. The molecule has 0 aliphatic heterocycles. The third kappa shape index (κ3) is 7.67. The van der Waals surface area contributed by atoms with Gasteiger partial charge in [0.2, 0.25) is 0 Å². The van der Waals surface area contributed by atoms with Gasteiger partial charge in [-0.05, 0) is 19.4 Å². The van der Waals surface area contributed by atoms with Gasteiger partial charge >= 0.3 is 5.97 Å². The Labute approximate surface area is 95.7 Å². The topological polar surface area (TPSA) is 55.7 Å². The summed E-state index contributed by atoms with van der Waals surface area (Å²) in [6, 6.07) is 0. The van der Waals surface area contributed by atoms with Crippen LogP contribution in [0.3, 0.4) is 0 Å². The molecule has 0 heterocycles. The van der Waals surface area contributed by atoms with E-state index in [9.17, 15) is 9.59 Å². The number of nitrogens with zero attached hydrogens (tertiary/aromatic N) is 1. The van der Waals surface area contributed by atoms with E-state index in [0.717, 1.165) is 0 Å². The number of carbonyl (C=O) groups excluding carboxylic acids is 2. The van der Waals surface area contributed by atoms with Crippen LogP contribution in [0.15, 0.2) is 29.3 Å². The highest BCUT2D eigenvalue weighted by molar-refractivity contribution is 5.89. The van der Waals surface area contributed by atoms with E-state index in [1.54, 1.807) is 19.1 Å². The van der Waals surface area contributed by atoms with Crippen molar-refractivity contribution in [3.63, 3.8) is 0 Å². The first-order valence-electron chi connectivity index (χ1n) is 5.06. The smallest absolute Gasteiger partial charge is 0.310 e. The average molecular weight is 223 g/mol. The number of hydrogen-bond donors (Lipinski definition) is 0. The number of hydrogen-bond acceptors (Lipinski definition) is 4. The van der Waals surface area contributed by atoms with Gasteiger partial charge in [-0.3, -0.25) is 14.6 Å². The van der Waals surface area contributed by atoms with Crippen molar-refractivity contribution in [3.05, 3.63) is 24.3 Å². The van der Waals surface area contributed by atoms with Crippen LogP contribution in [0.1, 0.15) is 20.3 Å². The van der Waals surface area contributed by atoms with Crippen molar-refractivity contribution in [1.82, 2.24) is 0 Å². The standard InChI is InChI=1S/C12H17NO3/c1-4-6-11(7-12(15)16-5-2)9-13-8-10(3)14/h4,6,9H,1,5,7-8H2,2-3H3/b11-6-,13-9?. The van der Waals surface area contributed by atoms with Crippen LogP contribution in [-0.4, -0.2) is 31.1 Å². The highest BCUT2D eigenvalue weighted by Gasteiger charge is 2.04. The second-order valence-electron chi connectivity index (χ2n) is 3.13. The van der Waals surface area contributed by atoms with Crippen molar-refractivity contribution < 1.29 is 14.3 Å². The van der Waals surface area contributed by atoms with Crippen molar-refractivity contribution in [2.75, 3.05) is 13.2 Å². The average Bonchev–Trinajstić information content (AvgIpc) is 2.17. The van der Waals surface area contributed by atoms with Crippen molar-refractivity contribution in [2.24, 2.45) is 4.99 Å². The molecule has 0 bridgehead atoms. The Morgan fingerprint density at radius 1 is 1.44 bits per heavy atom. The van der Waals surface area contributed by atoms with Gasteiger partial charge in [-0.2, -0.15) is 0 Å². The minimum atomic E-state index is -0.315. The summed E-state index contributed by atoms with van der Waals surface area (Å²) < 4.78 is 4.80. The summed E-state index contributed by atoms with van der Waals surface area (Å²) in [5.74, 6) is -0.338. The van der Waals surface area contributed by atoms with Gasteiger partial charge in [-0.25, -0.2) is 0 Å². The molecule has 0 atom stereocenters. The zero-order chi connectivity index (χ0) is 12.4. The van der Waals surface area contributed by atoms with E-state index in [1.165, 1.54) is 13.1 Å². The third-order valence-electron chi connectivity index (χ3n) is 1.56. The molecule has 0 aliphatic rings. The molecule has 4 nitrogen and oxygen atoms in total. The molecule has 0 fully saturated rings. The molecule has 0 aromatic rings. The van der Waals surface area contributed by atoms with Gasteiger partial charge in [0.1, 0.15) is 0 Å². The van der Waals surface area contributed by atoms with Crippen LogP contribution < -0.4 is 0 Å². The summed E-state index contributed by atoms with van der Waals surface area (Å²) in [6.07, 6.45) is 4.87. The van der Waals surface area contributed by atoms with Crippen LogP contribution >= 0.6 is 0 Å². The van der Waals surface area contributed by atoms with E-state index in [-0.39, 0.29) is 24.7 Å². The first-order valence-corrected chi connectivity index (χ1v) is 5.06. The number of rotatable bonds is 7. The highest BCUT2D eigenvalue weighted by Crippen LogP contribution is 2.01. The summed E-state index contributed by atoms with van der Waals surface area (Å²) in [5, 5.41) is 0. The van der Waals surface area contributed by atoms with Gasteiger partial charge < -0.3 is 4.74 Å². The minimum absolute atomic E-state index is 0.0228. The molecule has 0 N–H and O–H groups in total. The minimum Gasteiger partial charge on any atom is -0.466 e. The highest BCUT2D eigenvalue weighted by atomic mass is 16.5. The molecule has 0 saturated heterocycles. The molecule has 0 amide bonds. The zero-order valence-electron chi connectivity index (χ0n) is 9.73. The molecular formula is C12H17NO3. The quantitative estimate of drug-likeness (QED) is 0.375. The Morgan fingerprint density at radius 3 is 2.62 bits per heavy atom. The van der Waals surface area contributed by atoms with Crippen molar-refractivity contribution in [3.8, 4) is 0 Å². The normalized spacial score (nSPS) is 11.5. The van der Waals surface area contributed by atoms with Crippen LogP contribution in [0.25, 0.3) is 0 Å². The molecule has 0 unspecified atom stereocenters. The molecule has 0 saturated carbocycles. The van der Waals surface area contributed by atoms with Crippen LogP contribution in [0.4, 0.5) is 0 Å². The van der Waals surface area contributed by atoms with Crippen LogP contribution in [0.2, 0.25) is 0 Å². The predicted molar refractivity (Wildman–Crippen MR) is 63.6 cm³/mol. The lowest BCUT2D eigenvalue weighted by Crippen LogP contribution is -2.06. The molecule has 88 valence electrons. The summed E-state index contributed by atoms with van der Waals surface area (Å²) in [5.41, 5.74) is 0.676. The first-order chi connectivity index (χ1) is 7.60. The van der Waals surface area contributed by atoms with Crippen LogP contribution in [0, 0.1) is 0 Å². The Hall–Kier alpha value is -1.71. The maximum Gasteiger partial charge on any atom is 0.310 e. The Bertz CT molecular complexity index is 316. The molecule has 0 aliphatic carbocycles. The molecule has 0 rings (SSSR count). The van der Waals surface area contributed by atoms with Gasteiger partial charge in [-0.1, -0.05) is 18.7 Å². The lowest BCUT2D eigenvalue weighted by atomic mass is 10.2. The second-order valence-corrected chi connectivity index (χ2v) is 3.13. The third-order valence-corrected chi connectivity index (χ3v) is 1.56. The van der Waals surface area contributed by atoms with Crippen molar-refractivity contribution >= 4 is 18.0 Å². The number of allylic oxidation sites excluding steroid dienone is 2. The molecule has 0 aromatic carbocycles. The Balaban J connectivity index is 4.34. The summed E-state index contributed by atoms with van der Waals surface area (Å²) in [4.78, 5) is 25.8. The van der Waals surface area contributed by atoms with E-state index in [2.05, 4.69) is 11.6 Å². The SMILES string of the molecule is C=C/C=C(\C=NCC(C)=O)CC(=O)OCC. The monoisotopic (exact) mass is 223 g/mol. The number of Topliss-reactive ketones (excluding diaryl/α,β-unsaturated/α-hetero) is 1. The number of ketones is 1. The summed E-state index contributed by atoms with van der Waals surface area (Å²) in [6.45, 7) is 7.22. The fraction of sp³-hybridized carbons (Fsp3) is 0.417.